The highest BCUT2D eigenvalue weighted by molar-refractivity contribution is 7.92. The van der Waals surface area contributed by atoms with Gasteiger partial charge in [0.2, 0.25) is 0 Å². The van der Waals surface area contributed by atoms with E-state index in [-0.39, 0.29) is 10.5 Å². The maximum atomic E-state index is 12.6. The van der Waals surface area contributed by atoms with Crippen LogP contribution >= 0.6 is 11.6 Å². The van der Waals surface area contributed by atoms with E-state index >= 15 is 0 Å². The molecule has 0 spiro atoms. The lowest BCUT2D eigenvalue weighted by molar-refractivity contribution is 0.0954. The van der Waals surface area contributed by atoms with E-state index in [2.05, 4.69) is 20.2 Å². The SMILES string of the molecule is C/C(=N\NC(=O)c1cccc(S(=O)(=O)Nc2ccc(Cl)cc2)c1)c1ccc[nH]1. The monoisotopic (exact) mass is 416 g/mol. The summed E-state index contributed by atoms with van der Waals surface area (Å²) in [6.45, 7) is 1.74. The Bertz CT molecular complexity index is 1110. The van der Waals surface area contributed by atoms with E-state index in [0.29, 0.717) is 16.4 Å². The first kappa shape index (κ1) is 19.7. The number of nitrogens with zero attached hydrogens (tertiary/aromatic N) is 1. The molecule has 1 aromatic heterocycles. The average Bonchev–Trinajstić information content (AvgIpc) is 3.22. The van der Waals surface area contributed by atoms with E-state index in [9.17, 15) is 13.2 Å². The van der Waals surface area contributed by atoms with E-state index in [1.54, 1.807) is 37.4 Å². The average molecular weight is 417 g/mol. The standard InChI is InChI=1S/C19H17ClN4O3S/c1-13(18-6-3-11-21-18)22-23-19(25)14-4-2-5-17(12-14)28(26,27)24-16-9-7-15(20)8-10-16/h2-12,21,24H,1H3,(H,23,25)/b22-13+. The van der Waals surface area contributed by atoms with Crippen LogP contribution in [0, 0.1) is 0 Å². The van der Waals surface area contributed by atoms with Crippen LogP contribution in [-0.2, 0) is 10.0 Å². The third kappa shape index (κ3) is 4.79. The molecule has 0 aliphatic heterocycles. The third-order valence-electron chi connectivity index (χ3n) is 3.82. The molecule has 0 aliphatic rings. The van der Waals surface area contributed by atoms with Gasteiger partial charge in [0, 0.05) is 22.5 Å². The fourth-order valence-corrected chi connectivity index (χ4v) is 3.58. The summed E-state index contributed by atoms with van der Waals surface area (Å²) in [4.78, 5) is 15.3. The zero-order valence-corrected chi connectivity index (χ0v) is 16.4. The van der Waals surface area contributed by atoms with Crippen molar-refractivity contribution in [1.29, 1.82) is 0 Å². The van der Waals surface area contributed by atoms with Crippen molar-refractivity contribution in [3.63, 3.8) is 0 Å². The van der Waals surface area contributed by atoms with Gasteiger partial charge in [-0.05, 0) is 61.5 Å². The lowest BCUT2D eigenvalue weighted by atomic mass is 10.2. The molecule has 3 rings (SSSR count). The van der Waals surface area contributed by atoms with E-state index in [1.165, 1.54) is 24.3 Å². The molecule has 0 saturated carbocycles. The first-order valence-corrected chi connectivity index (χ1v) is 10.1. The molecule has 28 heavy (non-hydrogen) atoms. The Morgan fingerprint density at radius 2 is 1.82 bits per heavy atom. The minimum atomic E-state index is -3.86. The summed E-state index contributed by atoms with van der Waals surface area (Å²) >= 11 is 5.81. The van der Waals surface area contributed by atoms with Crippen LogP contribution < -0.4 is 10.1 Å². The number of carbonyl (C=O) groups is 1. The van der Waals surface area contributed by atoms with Crippen LogP contribution in [0.2, 0.25) is 5.02 Å². The number of aromatic amines is 1. The molecular weight excluding hydrogens is 400 g/mol. The van der Waals surface area contributed by atoms with Crippen molar-refractivity contribution in [1.82, 2.24) is 10.4 Å². The number of nitrogens with one attached hydrogen (secondary N) is 3. The van der Waals surface area contributed by atoms with Crippen LogP contribution in [0.25, 0.3) is 0 Å². The summed E-state index contributed by atoms with van der Waals surface area (Å²) in [6, 6.07) is 15.6. The summed E-state index contributed by atoms with van der Waals surface area (Å²) in [6.07, 6.45) is 1.75. The summed E-state index contributed by atoms with van der Waals surface area (Å²) < 4.78 is 27.6. The van der Waals surface area contributed by atoms with Crippen molar-refractivity contribution in [3.8, 4) is 0 Å². The van der Waals surface area contributed by atoms with Crippen molar-refractivity contribution in [2.75, 3.05) is 4.72 Å². The van der Waals surface area contributed by atoms with Crippen LogP contribution in [0.15, 0.2) is 76.9 Å². The fourth-order valence-electron chi connectivity index (χ4n) is 2.35. The number of halogens is 1. The van der Waals surface area contributed by atoms with Gasteiger partial charge >= 0.3 is 0 Å². The number of hydrogen-bond donors (Lipinski definition) is 3. The Balaban J connectivity index is 1.76. The Kier molecular flexibility index (Phi) is 5.81. The first-order chi connectivity index (χ1) is 13.3. The van der Waals surface area contributed by atoms with Gasteiger partial charge in [-0.25, -0.2) is 13.8 Å². The van der Waals surface area contributed by atoms with Crippen LogP contribution in [0.3, 0.4) is 0 Å². The molecule has 3 aromatic rings. The molecule has 144 valence electrons. The van der Waals surface area contributed by atoms with Gasteiger partial charge in [-0.15, -0.1) is 0 Å². The smallest absolute Gasteiger partial charge is 0.271 e. The number of hydrogen-bond acceptors (Lipinski definition) is 4. The Morgan fingerprint density at radius 3 is 2.50 bits per heavy atom. The molecule has 3 N–H and O–H groups in total. The quantitative estimate of drug-likeness (QED) is 0.422. The highest BCUT2D eigenvalue weighted by Crippen LogP contribution is 2.19. The molecule has 0 unspecified atom stereocenters. The van der Waals surface area contributed by atoms with E-state index < -0.39 is 15.9 Å². The molecule has 0 bridgehead atoms. The predicted octanol–water partition coefficient (Wildman–Crippen LogP) is 3.62. The highest BCUT2D eigenvalue weighted by Gasteiger charge is 2.16. The van der Waals surface area contributed by atoms with E-state index in [0.717, 1.165) is 5.69 Å². The summed E-state index contributed by atoms with van der Waals surface area (Å²) in [5.74, 6) is -0.519. The second-order valence-electron chi connectivity index (χ2n) is 5.86. The zero-order chi connectivity index (χ0) is 20.1. The van der Waals surface area contributed by atoms with Crippen molar-refractivity contribution in [3.05, 3.63) is 83.1 Å². The van der Waals surface area contributed by atoms with Crippen molar-refractivity contribution < 1.29 is 13.2 Å². The van der Waals surface area contributed by atoms with E-state index in [1.807, 2.05) is 12.1 Å². The number of anilines is 1. The molecule has 9 heteroatoms. The Hall–Kier alpha value is -3.10. The maximum absolute atomic E-state index is 12.6. The van der Waals surface area contributed by atoms with Crippen LogP contribution in [0.5, 0.6) is 0 Å². The lowest BCUT2D eigenvalue weighted by Crippen LogP contribution is -2.20. The number of amides is 1. The molecule has 0 fully saturated rings. The van der Waals surface area contributed by atoms with Crippen LogP contribution in [0.4, 0.5) is 5.69 Å². The van der Waals surface area contributed by atoms with Crippen LogP contribution in [-0.4, -0.2) is 25.0 Å². The zero-order valence-electron chi connectivity index (χ0n) is 14.8. The third-order valence-corrected chi connectivity index (χ3v) is 5.45. The Morgan fingerprint density at radius 1 is 1.07 bits per heavy atom. The van der Waals surface area contributed by atoms with Gasteiger partial charge in [-0.3, -0.25) is 9.52 Å². The molecular formula is C19H17ClN4O3S. The normalized spacial score (nSPS) is 11.9. The number of benzene rings is 2. The van der Waals surface area contributed by atoms with Crippen LogP contribution in [0.1, 0.15) is 23.0 Å². The molecule has 0 radical (unpaired) electrons. The number of sulfonamides is 1. The number of carbonyl (C=O) groups excluding carboxylic acids is 1. The van der Waals surface area contributed by atoms with Gasteiger partial charge in [0.15, 0.2) is 0 Å². The van der Waals surface area contributed by atoms with Gasteiger partial charge in [-0.1, -0.05) is 17.7 Å². The second-order valence-corrected chi connectivity index (χ2v) is 7.98. The first-order valence-electron chi connectivity index (χ1n) is 8.22. The molecule has 1 amide bonds. The number of aromatic nitrogens is 1. The fraction of sp³-hybridized carbons (Fsp3) is 0.0526. The van der Waals surface area contributed by atoms with Gasteiger partial charge in [0.25, 0.3) is 15.9 Å². The predicted molar refractivity (Wildman–Crippen MR) is 109 cm³/mol. The molecule has 2 aromatic carbocycles. The molecule has 0 aliphatic carbocycles. The van der Waals surface area contributed by atoms with Crippen molar-refractivity contribution >= 4 is 38.9 Å². The number of rotatable bonds is 6. The van der Waals surface area contributed by atoms with Gasteiger partial charge in [-0.2, -0.15) is 5.10 Å². The number of hydrazone groups is 1. The largest absolute Gasteiger partial charge is 0.360 e. The van der Waals surface area contributed by atoms with E-state index in [4.69, 9.17) is 11.6 Å². The molecule has 7 nitrogen and oxygen atoms in total. The summed E-state index contributed by atoms with van der Waals surface area (Å²) in [5.41, 5.74) is 4.31. The number of H-pyrrole nitrogens is 1. The highest BCUT2D eigenvalue weighted by atomic mass is 35.5. The summed E-state index contributed by atoms with van der Waals surface area (Å²) in [5, 5.41) is 4.52. The molecule has 1 heterocycles. The summed E-state index contributed by atoms with van der Waals surface area (Å²) in [7, 11) is -3.86. The van der Waals surface area contributed by atoms with Crippen molar-refractivity contribution in [2.24, 2.45) is 5.10 Å². The minimum absolute atomic E-state index is 0.0415. The second kappa shape index (κ2) is 8.28. The molecule has 0 saturated heterocycles. The van der Waals surface area contributed by atoms with Gasteiger partial charge in [0.1, 0.15) is 0 Å². The maximum Gasteiger partial charge on any atom is 0.271 e. The molecule has 0 atom stereocenters. The topological polar surface area (TPSA) is 103 Å². The Labute approximate surface area is 167 Å². The van der Waals surface area contributed by atoms with Gasteiger partial charge in [0.05, 0.1) is 16.3 Å². The van der Waals surface area contributed by atoms with Gasteiger partial charge < -0.3 is 4.98 Å². The lowest BCUT2D eigenvalue weighted by Gasteiger charge is -2.09. The minimum Gasteiger partial charge on any atom is -0.360 e. The van der Waals surface area contributed by atoms with Crippen molar-refractivity contribution in [2.45, 2.75) is 11.8 Å².